The number of carbonyl (C=O) groups is 1. The highest BCUT2D eigenvalue weighted by Crippen LogP contribution is 2.25. The fourth-order valence-corrected chi connectivity index (χ4v) is 1.58. The van der Waals surface area contributed by atoms with Gasteiger partial charge in [-0.25, -0.2) is 0 Å². The topological polar surface area (TPSA) is 59.6 Å². The van der Waals surface area contributed by atoms with Gasteiger partial charge in [0.15, 0.2) is 0 Å². The van der Waals surface area contributed by atoms with Crippen LogP contribution in [-0.2, 0) is 9.53 Å². The number of methoxy groups -OCH3 is 1. The second-order valence-electron chi connectivity index (χ2n) is 4.92. The zero-order valence-electron chi connectivity index (χ0n) is 12.7. The van der Waals surface area contributed by atoms with Crippen molar-refractivity contribution >= 4 is 11.6 Å². The van der Waals surface area contributed by atoms with E-state index in [0.717, 1.165) is 5.56 Å². The molecule has 0 saturated heterocycles. The van der Waals surface area contributed by atoms with Gasteiger partial charge in [-0.3, -0.25) is 4.79 Å². The summed E-state index contributed by atoms with van der Waals surface area (Å²) < 4.78 is 10.6. The summed E-state index contributed by atoms with van der Waals surface area (Å²) in [7, 11) is 1.62. The molecule has 1 aromatic rings. The summed E-state index contributed by atoms with van der Waals surface area (Å²) in [5, 5.41) is 5.93. The molecule has 0 aliphatic rings. The molecule has 1 rings (SSSR count). The second-order valence-corrected chi connectivity index (χ2v) is 4.92. The van der Waals surface area contributed by atoms with Gasteiger partial charge in [0.1, 0.15) is 12.4 Å². The molecule has 0 spiro atoms. The minimum Gasteiger partial charge on any atom is -0.489 e. The largest absolute Gasteiger partial charge is 0.489 e. The Balaban J connectivity index is 2.65. The van der Waals surface area contributed by atoms with Gasteiger partial charge in [0.25, 0.3) is 0 Å². The number of aryl methyl sites for hydroxylation is 1. The quantitative estimate of drug-likeness (QED) is 0.715. The van der Waals surface area contributed by atoms with E-state index in [0.29, 0.717) is 24.7 Å². The maximum atomic E-state index is 11.8. The van der Waals surface area contributed by atoms with Gasteiger partial charge < -0.3 is 20.1 Å². The van der Waals surface area contributed by atoms with Crippen molar-refractivity contribution in [1.82, 2.24) is 5.32 Å². The number of ether oxygens (including phenoxy) is 2. The molecule has 112 valence electrons. The molecular weight excluding hydrogens is 256 g/mol. The summed E-state index contributed by atoms with van der Waals surface area (Å²) in [6.45, 7) is 7.22. The lowest BCUT2D eigenvalue weighted by Crippen LogP contribution is -2.32. The zero-order valence-corrected chi connectivity index (χ0v) is 12.7. The summed E-state index contributed by atoms with van der Waals surface area (Å²) in [4.78, 5) is 11.8. The van der Waals surface area contributed by atoms with Crippen LogP contribution in [0.2, 0.25) is 0 Å². The number of rotatable bonds is 8. The van der Waals surface area contributed by atoms with Crippen LogP contribution in [0.15, 0.2) is 18.2 Å². The number of hydrogen-bond donors (Lipinski definition) is 2. The lowest BCUT2D eigenvalue weighted by Gasteiger charge is -2.14. The number of anilines is 1. The number of benzene rings is 1. The molecule has 5 heteroatoms. The summed E-state index contributed by atoms with van der Waals surface area (Å²) in [6.07, 6.45) is 0. The van der Waals surface area contributed by atoms with Gasteiger partial charge in [-0.2, -0.15) is 0 Å². The molecular formula is C15H24N2O3. The Hall–Kier alpha value is -1.59. The van der Waals surface area contributed by atoms with Crippen molar-refractivity contribution in [2.45, 2.75) is 26.8 Å². The minimum atomic E-state index is -0.0841. The van der Waals surface area contributed by atoms with Crippen LogP contribution in [0.3, 0.4) is 0 Å². The van der Waals surface area contributed by atoms with Gasteiger partial charge in [-0.05, 0) is 24.6 Å². The van der Waals surface area contributed by atoms with Crippen LogP contribution in [0.25, 0.3) is 0 Å². The highest BCUT2D eigenvalue weighted by molar-refractivity contribution is 5.93. The van der Waals surface area contributed by atoms with Crippen molar-refractivity contribution in [2.75, 3.05) is 32.2 Å². The first kappa shape index (κ1) is 16.5. The van der Waals surface area contributed by atoms with Crippen molar-refractivity contribution in [1.29, 1.82) is 0 Å². The van der Waals surface area contributed by atoms with E-state index in [1.165, 1.54) is 0 Å². The monoisotopic (exact) mass is 280 g/mol. The van der Waals surface area contributed by atoms with Crippen LogP contribution in [0.5, 0.6) is 5.75 Å². The van der Waals surface area contributed by atoms with E-state index in [1.807, 2.05) is 39.0 Å². The van der Waals surface area contributed by atoms with Crippen LogP contribution in [-0.4, -0.2) is 38.8 Å². The molecule has 5 nitrogen and oxygen atoms in total. The molecule has 0 aliphatic carbocycles. The minimum absolute atomic E-state index is 0.0841. The molecule has 0 aliphatic heterocycles. The molecule has 0 radical (unpaired) electrons. The summed E-state index contributed by atoms with van der Waals surface area (Å²) in [5.74, 6) is 0.582. The molecule has 0 saturated carbocycles. The Morgan fingerprint density at radius 2 is 2.05 bits per heavy atom. The van der Waals surface area contributed by atoms with E-state index >= 15 is 0 Å². The fraction of sp³-hybridized carbons (Fsp3) is 0.533. The first-order valence-corrected chi connectivity index (χ1v) is 6.78. The molecule has 0 heterocycles. The Morgan fingerprint density at radius 1 is 1.30 bits per heavy atom. The van der Waals surface area contributed by atoms with E-state index in [-0.39, 0.29) is 18.5 Å². The van der Waals surface area contributed by atoms with Crippen LogP contribution in [0.1, 0.15) is 19.4 Å². The third kappa shape index (κ3) is 6.04. The predicted molar refractivity (Wildman–Crippen MR) is 80.3 cm³/mol. The van der Waals surface area contributed by atoms with Crippen LogP contribution >= 0.6 is 0 Å². The van der Waals surface area contributed by atoms with Gasteiger partial charge in [0, 0.05) is 13.2 Å². The van der Waals surface area contributed by atoms with Crippen molar-refractivity contribution in [2.24, 2.45) is 0 Å². The lowest BCUT2D eigenvalue weighted by molar-refractivity contribution is -0.115. The van der Waals surface area contributed by atoms with Crippen molar-refractivity contribution in [3.63, 3.8) is 0 Å². The van der Waals surface area contributed by atoms with Crippen molar-refractivity contribution in [3.05, 3.63) is 23.8 Å². The van der Waals surface area contributed by atoms with E-state index in [2.05, 4.69) is 10.6 Å². The summed E-state index contributed by atoms with van der Waals surface area (Å²) in [5.41, 5.74) is 1.76. The molecule has 1 amide bonds. The summed E-state index contributed by atoms with van der Waals surface area (Å²) >= 11 is 0. The van der Waals surface area contributed by atoms with E-state index < -0.39 is 0 Å². The van der Waals surface area contributed by atoms with Gasteiger partial charge in [0.2, 0.25) is 5.91 Å². The molecule has 0 fully saturated rings. The Kier molecular flexibility index (Phi) is 7.04. The molecule has 0 unspecified atom stereocenters. The van der Waals surface area contributed by atoms with E-state index in [1.54, 1.807) is 7.11 Å². The molecule has 0 atom stereocenters. The Bertz CT molecular complexity index is 433. The van der Waals surface area contributed by atoms with Crippen LogP contribution in [0.4, 0.5) is 5.69 Å². The Morgan fingerprint density at radius 3 is 2.70 bits per heavy atom. The fourth-order valence-electron chi connectivity index (χ4n) is 1.58. The molecule has 20 heavy (non-hydrogen) atoms. The van der Waals surface area contributed by atoms with E-state index in [9.17, 15) is 4.79 Å². The van der Waals surface area contributed by atoms with Crippen LogP contribution in [0, 0.1) is 6.92 Å². The maximum Gasteiger partial charge on any atom is 0.238 e. The van der Waals surface area contributed by atoms with Crippen LogP contribution < -0.4 is 15.4 Å². The number of nitrogens with one attached hydrogen (secondary N) is 2. The number of carbonyl (C=O) groups excluding carboxylic acids is 1. The third-order valence-electron chi connectivity index (χ3n) is 2.63. The van der Waals surface area contributed by atoms with Crippen molar-refractivity contribution < 1.29 is 14.3 Å². The SMILES string of the molecule is COCCOc1cc(C)ccc1NC(=O)CNC(C)C. The highest BCUT2D eigenvalue weighted by atomic mass is 16.5. The predicted octanol–water partition coefficient (Wildman–Crippen LogP) is 1.96. The van der Waals surface area contributed by atoms with Gasteiger partial charge in [-0.15, -0.1) is 0 Å². The average Bonchev–Trinajstić information content (AvgIpc) is 2.39. The van der Waals surface area contributed by atoms with Gasteiger partial charge >= 0.3 is 0 Å². The third-order valence-corrected chi connectivity index (χ3v) is 2.63. The molecule has 2 N–H and O–H groups in total. The zero-order chi connectivity index (χ0) is 15.0. The molecule has 0 aromatic heterocycles. The van der Waals surface area contributed by atoms with Gasteiger partial charge in [0.05, 0.1) is 18.8 Å². The molecule has 1 aromatic carbocycles. The summed E-state index contributed by atoms with van der Waals surface area (Å²) in [6, 6.07) is 5.97. The second kappa shape index (κ2) is 8.55. The number of amides is 1. The van der Waals surface area contributed by atoms with E-state index in [4.69, 9.17) is 9.47 Å². The first-order valence-electron chi connectivity index (χ1n) is 6.78. The highest BCUT2D eigenvalue weighted by Gasteiger charge is 2.08. The number of hydrogen-bond acceptors (Lipinski definition) is 4. The van der Waals surface area contributed by atoms with Crippen molar-refractivity contribution in [3.8, 4) is 5.75 Å². The average molecular weight is 280 g/mol. The molecule has 0 bridgehead atoms. The lowest BCUT2D eigenvalue weighted by atomic mass is 10.2. The standard InChI is InChI=1S/C15H24N2O3/c1-11(2)16-10-15(18)17-13-6-5-12(3)9-14(13)20-8-7-19-4/h5-6,9,11,16H,7-8,10H2,1-4H3,(H,17,18). The van der Waals surface area contributed by atoms with Gasteiger partial charge in [-0.1, -0.05) is 19.9 Å². The smallest absolute Gasteiger partial charge is 0.238 e. The normalized spacial score (nSPS) is 10.7. The Labute approximate surface area is 120 Å². The maximum absolute atomic E-state index is 11.8. The first-order chi connectivity index (χ1) is 9.52.